The minimum absolute atomic E-state index is 0.354. The Morgan fingerprint density at radius 3 is 2.60 bits per heavy atom. The van der Waals surface area contributed by atoms with Crippen LogP contribution in [-0.2, 0) is 6.54 Å². The zero-order chi connectivity index (χ0) is 14.8. The Hall–Kier alpha value is -1.02. The van der Waals surface area contributed by atoms with E-state index in [1.807, 2.05) is 25.1 Å². The summed E-state index contributed by atoms with van der Waals surface area (Å²) in [5, 5.41) is 13.8. The molecule has 0 radical (unpaired) electrons. The van der Waals surface area contributed by atoms with Crippen LogP contribution in [0.1, 0.15) is 57.6 Å². The number of aryl methyl sites for hydroxylation is 1. The van der Waals surface area contributed by atoms with E-state index < -0.39 is 0 Å². The average Bonchev–Trinajstić information content (AvgIpc) is 2.40. The molecule has 20 heavy (non-hydrogen) atoms. The summed E-state index contributed by atoms with van der Waals surface area (Å²) in [5.41, 5.74) is 2.33. The van der Waals surface area contributed by atoms with E-state index in [0.717, 1.165) is 23.6 Å². The maximum Gasteiger partial charge on any atom is 0.122 e. The summed E-state index contributed by atoms with van der Waals surface area (Å²) in [7, 11) is 0. The zero-order valence-electron chi connectivity index (χ0n) is 13.4. The molecule has 112 valence electrons. The van der Waals surface area contributed by atoms with Gasteiger partial charge in [-0.2, -0.15) is 0 Å². The van der Waals surface area contributed by atoms with Gasteiger partial charge in [0.05, 0.1) is 0 Å². The topological polar surface area (TPSA) is 32.3 Å². The van der Waals surface area contributed by atoms with Crippen LogP contribution in [0.15, 0.2) is 18.2 Å². The molecule has 0 bridgehead atoms. The Morgan fingerprint density at radius 2 is 1.90 bits per heavy atom. The van der Waals surface area contributed by atoms with E-state index in [2.05, 4.69) is 26.1 Å². The van der Waals surface area contributed by atoms with Gasteiger partial charge in [0.1, 0.15) is 5.75 Å². The predicted molar refractivity (Wildman–Crippen MR) is 84.9 cm³/mol. The van der Waals surface area contributed by atoms with Gasteiger partial charge in [0.2, 0.25) is 0 Å². The lowest BCUT2D eigenvalue weighted by atomic mass is 9.69. The van der Waals surface area contributed by atoms with Crippen LogP contribution < -0.4 is 5.32 Å². The molecular weight excluding hydrogens is 246 g/mol. The first kappa shape index (κ1) is 15.4. The maximum atomic E-state index is 10.1. The molecule has 1 aromatic carbocycles. The smallest absolute Gasteiger partial charge is 0.122 e. The third kappa shape index (κ3) is 3.54. The van der Waals surface area contributed by atoms with Gasteiger partial charge in [-0.25, -0.2) is 0 Å². The van der Waals surface area contributed by atoms with Gasteiger partial charge in [0, 0.05) is 18.2 Å². The first-order valence-corrected chi connectivity index (χ1v) is 7.90. The molecule has 1 saturated carbocycles. The summed E-state index contributed by atoms with van der Waals surface area (Å²) >= 11 is 0. The van der Waals surface area contributed by atoms with Crippen LogP contribution in [0.5, 0.6) is 5.75 Å². The van der Waals surface area contributed by atoms with Crippen molar-refractivity contribution < 1.29 is 5.11 Å². The number of para-hydroxylation sites is 1. The number of nitrogens with one attached hydrogen (secondary N) is 1. The number of rotatable bonds is 3. The molecule has 1 aliphatic rings. The van der Waals surface area contributed by atoms with Gasteiger partial charge in [0.25, 0.3) is 0 Å². The van der Waals surface area contributed by atoms with Crippen molar-refractivity contribution in [1.29, 1.82) is 0 Å². The Bertz CT molecular complexity index is 447. The molecule has 2 heteroatoms. The Morgan fingerprint density at radius 1 is 1.20 bits per heavy atom. The van der Waals surface area contributed by atoms with Crippen molar-refractivity contribution >= 4 is 0 Å². The summed E-state index contributed by atoms with van der Waals surface area (Å²) in [6.07, 6.45) is 5.26. The molecule has 2 nitrogen and oxygen atoms in total. The normalized spacial score (nSPS) is 23.8. The molecule has 0 aromatic heterocycles. The van der Waals surface area contributed by atoms with Crippen molar-refractivity contribution in [3.63, 3.8) is 0 Å². The molecule has 2 atom stereocenters. The molecule has 1 aliphatic carbocycles. The first-order valence-electron chi connectivity index (χ1n) is 7.90. The fraction of sp³-hybridized carbons (Fsp3) is 0.667. The number of phenols is 1. The van der Waals surface area contributed by atoms with Crippen LogP contribution in [0, 0.1) is 18.3 Å². The van der Waals surface area contributed by atoms with Crippen LogP contribution in [0.25, 0.3) is 0 Å². The molecule has 2 unspecified atom stereocenters. The van der Waals surface area contributed by atoms with Crippen LogP contribution in [0.2, 0.25) is 0 Å². The molecule has 0 spiro atoms. The third-order valence-corrected chi connectivity index (χ3v) is 4.75. The van der Waals surface area contributed by atoms with Crippen molar-refractivity contribution in [1.82, 2.24) is 5.32 Å². The van der Waals surface area contributed by atoms with E-state index in [-0.39, 0.29) is 0 Å². The van der Waals surface area contributed by atoms with Crippen LogP contribution in [-0.4, -0.2) is 11.1 Å². The van der Waals surface area contributed by atoms with E-state index in [9.17, 15) is 5.11 Å². The van der Waals surface area contributed by atoms with Crippen LogP contribution in [0.4, 0.5) is 0 Å². The highest BCUT2D eigenvalue weighted by atomic mass is 16.3. The Labute approximate surface area is 123 Å². The second-order valence-corrected chi connectivity index (χ2v) is 7.33. The molecular formula is C18H29NO. The lowest BCUT2D eigenvalue weighted by molar-refractivity contribution is 0.130. The third-order valence-electron chi connectivity index (χ3n) is 4.75. The standard InChI is InChI=1S/C18H29NO/c1-13-8-7-9-14(17(13)20)12-19-16-11-6-5-10-15(16)18(2,3)4/h7-9,15-16,19-20H,5-6,10-12H2,1-4H3. The SMILES string of the molecule is Cc1cccc(CNC2CCCCC2C(C)(C)C)c1O. The van der Waals surface area contributed by atoms with E-state index in [0.29, 0.717) is 17.2 Å². The molecule has 0 heterocycles. The second-order valence-electron chi connectivity index (χ2n) is 7.33. The zero-order valence-corrected chi connectivity index (χ0v) is 13.4. The fourth-order valence-corrected chi connectivity index (χ4v) is 3.52. The summed E-state index contributed by atoms with van der Waals surface area (Å²) < 4.78 is 0. The second kappa shape index (κ2) is 6.17. The summed E-state index contributed by atoms with van der Waals surface area (Å²) in [4.78, 5) is 0. The van der Waals surface area contributed by atoms with Crippen LogP contribution >= 0.6 is 0 Å². The molecule has 0 amide bonds. The highest BCUT2D eigenvalue weighted by Gasteiger charge is 2.33. The van der Waals surface area contributed by atoms with Gasteiger partial charge in [-0.15, -0.1) is 0 Å². The molecule has 2 N–H and O–H groups in total. The number of hydrogen-bond donors (Lipinski definition) is 2. The number of benzene rings is 1. The Kier molecular flexibility index (Phi) is 4.74. The van der Waals surface area contributed by atoms with Crippen molar-refractivity contribution in [2.45, 2.75) is 66.0 Å². The van der Waals surface area contributed by atoms with Gasteiger partial charge in [-0.3, -0.25) is 0 Å². The quantitative estimate of drug-likeness (QED) is 0.857. The van der Waals surface area contributed by atoms with E-state index in [1.165, 1.54) is 25.7 Å². The van der Waals surface area contributed by atoms with Gasteiger partial charge < -0.3 is 10.4 Å². The van der Waals surface area contributed by atoms with Crippen molar-refractivity contribution in [3.8, 4) is 5.75 Å². The van der Waals surface area contributed by atoms with Gasteiger partial charge in [-0.05, 0) is 36.7 Å². The highest BCUT2D eigenvalue weighted by Crippen LogP contribution is 2.38. The Balaban J connectivity index is 2.03. The van der Waals surface area contributed by atoms with Gasteiger partial charge in [0.15, 0.2) is 0 Å². The maximum absolute atomic E-state index is 10.1. The van der Waals surface area contributed by atoms with Gasteiger partial charge in [-0.1, -0.05) is 51.8 Å². The largest absolute Gasteiger partial charge is 0.507 e. The highest BCUT2D eigenvalue weighted by molar-refractivity contribution is 5.39. The molecule has 0 aliphatic heterocycles. The van der Waals surface area contributed by atoms with Crippen LogP contribution in [0.3, 0.4) is 0 Å². The monoisotopic (exact) mass is 275 g/mol. The minimum atomic E-state index is 0.354. The molecule has 0 saturated heterocycles. The number of hydrogen-bond acceptors (Lipinski definition) is 2. The summed E-state index contributed by atoms with van der Waals surface area (Å²) in [5.74, 6) is 1.17. The van der Waals surface area contributed by atoms with E-state index in [4.69, 9.17) is 0 Å². The summed E-state index contributed by atoms with van der Waals surface area (Å²) in [6.45, 7) is 9.77. The van der Waals surface area contributed by atoms with Gasteiger partial charge >= 0.3 is 0 Å². The predicted octanol–water partition coefficient (Wildman–Crippen LogP) is 4.40. The van der Waals surface area contributed by atoms with E-state index in [1.54, 1.807) is 0 Å². The molecule has 2 rings (SSSR count). The van der Waals surface area contributed by atoms with Crippen molar-refractivity contribution in [2.24, 2.45) is 11.3 Å². The van der Waals surface area contributed by atoms with Crippen molar-refractivity contribution in [3.05, 3.63) is 29.3 Å². The lowest BCUT2D eigenvalue weighted by Gasteiger charge is -2.41. The first-order chi connectivity index (χ1) is 9.39. The number of aromatic hydroxyl groups is 1. The molecule has 1 fully saturated rings. The average molecular weight is 275 g/mol. The fourth-order valence-electron chi connectivity index (χ4n) is 3.52. The van der Waals surface area contributed by atoms with Crippen molar-refractivity contribution in [2.75, 3.05) is 0 Å². The molecule has 1 aromatic rings. The van der Waals surface area contributed by atoms with E-state index >= 15 is 0 Å². The summed E-state index contributed by atoms with van der Waals surface area (Å²) in [6, 6.07) is 6.57. The minimum Gasteiger partial charge on any atom is -0.507 e. The number of phenolic OH excluding ortho intramolecular Hbond substituents is 1. The lowest BCUT2D eigenvalue weighted by Crippen LogP contribution is -2.43.